The fraction of sp³-hybridized carbons (Fsp3) is 0.222. The Morgan fingerprint density at radius 2 is 1.89 bits per heavy atom. The molecule has 8 heteroatoms. The predicted octanol–water partition coefficient (Wildman–Crippen LogP) is 4.88. The molecule has 35 heavy (non-hydrogen) atoms. The van der Waals surface area contributed by atoms with Crippen molar-refractivity contribution in [2.75, 3.05) is 10.6 Å². The molecule has 0 unspecified atom stereocenters. The summed E-state index contributed by atoms with van der Waals surface area (Å²) < 4.78 is 1.29. The smallest absolute Gasteiger partial charge is 0.290 e. The van der Waals surface area contributed by atoms with Crippen LogP contribution in [-0.2, 0) is 13.5 Å². The molecule has 0 spiro atoms. The van der Waals surface area contributed by atoms with E-state index in [1.165, 1.54) is 11.0 Å². The van der Waals surface area contributed by atoms with Crippen molar-refractivity contribution in [2.45, 2.75) is 33.1 Å². The first-order valence-corrected chi connectivity index (χ1v) is 11.6. The lowest BCUT2D eigenvalue weighted by Crippen LogP contribution is -2.23. The highest BCUT2D eigenvalue weighted by Crippen LogP contribution is 2.29. The van der Waals surface area contributed by atoms with Crippen molar-refractivity contribution in [1.29, 1.82) is 0 Å². The number of amides is 1. The molecular formula is C27H28N6O2. The summed E-state index contributed by atoms with van der Waals surface area (Å²) in [6.45, 7) is 4.07. The predicted molar refractivity (Wildman–Crippen MR) is 138 cm³/mol. The summed E-state index contributed by atoms with van der Waals surface area (Å²) in [7, 11) is 1.60. The summed E-state index contributed by atoms with van der Waals surface area (Å²) >= 11 is 0. The van der Waals surface area contributed by atoms with Crippen molar-refractivity contribution in [3.05, 3.63) is 94.2 Å². The molecule has 2 aromatic heterocycles. The van der Waals surface area contributed by atoms with Gasteiger partial charge in [-0.05, 0) is 55.2 Å². The quantitative estimate of drug-likeness (QED) is 0.382. The summed E-state index contributed by atoms with van der Waals surface area (Å²) in [5.74, 6) is 0.366. The normalized spacial score (nSPS) is 10.7. The van der Waals surface area contributed by atoms with E-state index in [0.29, 0.717) is 28.5 Å². The molecule has 0 aliphatic carbocycles. The molecule has 1 amide bonds. The van der Waals surface area contributed by atoms with E-state index in [0.717, 1.165) is 36.0 Å². The van der Waals surface area contributed by atoms with E-state index in [4.69, 9.17) is 0 Å². The van der Waals surface area contributed by atoms with Crippen LogP contribution in [0, 0.1) is 6.92 Å². The second kappa shape index (κ2) is 10.7. The van der Waals surface area contributed by atoms with Gasteiger partial charge >= 0.3 is 0 Å². The number of carbonyl (C=O) groups excluding carboxylic acids is 1. The first-order chi connectivity index (χ1) is 17.0. The molecule has 0 fully saturated rings. The zero-order valence-corrected chi connectivity index (χ0v) is 20.1. The Balaban J connectivity index is 1.65. The van der Waals surface area contributed by atoms with E-state index < -0.39 is 0 Å². The molecule has 178 valence electrons. The molecule has 4 rings (SSSR count). The average Bonchev–Trinajstić information content (AvgIpc) is 2.87. The summed E-state index contributed by atoms with van der Waals surface area (Å²) in [4.78, 5) is 33.8. The molecule has 0 saturated carbocycles. The molecule has 0 aliphatic rings. The van der Waals surface area contributed by atoms with Crippen LogP contribution in [0.15, 0.2) is 71.9 Å². The van der Waals surface area contributed by atoms with Crippen molar-refractivity contribution in [1.82, 2.24) is 19.7 Å². The van der Waals surface area contributed by atoms with E-state index in [-0.39, 0.29) is 11.5 Å². The van der Waals surface area contributed by atoms with Gasteiger partial charge in [0.25, 0.3) is 11.5 Å². The average molecular weight is 469 g/mol. The van der Waals surface area contributed by atoms with Crippen LogP contribution in [0.2, 0.25) is 0 Å². The van der Waals surface area contributed by atoms with Crippen LogP contribution >= 0.6 is 0 Å². The van der Waals surface area contributed by atoms with Crippen molar-refractivity contribution in [3.63, 3.8) is 0 Å². The summed E-state index contributed by atoms with van der Waals surface area (Å²) in [6, 6.07) is 16.7. The summed E-state index contributed by atoms with van der Waals surface area (Å²) in [6.07, 6.45) is 5.97. The number of hydrogen-bond acceptors (Lipinski definition) is 6. The van der Waals surface area contributed by atoms with Crippen molar-refractivity contribution >= 4 is 23.1 Å². The highest BCUT2D eigenvalue weighted by atomic mass is 16.1. The molecule has 8 nitrogen and oxygen atoms in total. The Bertz CT molecular complexity index is 1400. The second-order valence-electron chi connectivity index (χ2n) is 8.28. The number of anilines is 3. The molecule has 0 atom stereocenters. The Morgan fingerprint density at radius 1 is 1.06 bits per heavy atom. The third kappa shape index (κ3) is 5.43. The van der Waals surface area contributed by atoms with Crippen LogP contribution in [0.1, 0.15) is 41.3 Å². The largest absolute Gasteiger partial charge is 0.336 e. The molecular weight excluding hydrogens is 440 g/mol. The lowest BCUT2D eigenvalue weighted by Gasteiger charge is -2.15. The third-order valence-corrected chi connectivity index (χ3v) is 5.83. The lowest BCUT2D eigenvalue weighted by atomic mass is 10.0. The van der Waals surface area contributed by atoms with Crippen molar-refractivity contribution in [2.24, 2.45) is 7.05 Å². The number of hydrogen-bond donors (Lipinski definition) is 2. The Morgan fingerprint density at radius 3 is 2.66 bits per heavy atom. The summed E-state index contributed by atoms with van der Waals surface area (Å²) in [5.41, 5.74) is 4.74. The molecule has 2 N–H and O–H groups in total. The van der Waals surface area contributed by atoms with Gasteiger partial charge in [0, 0.05) is 30.1 Å². The standard InChI is InChI=1S/C27H28N6O2/c1-4-5-9-19-10-6-7-11-21(19)26(34)31-22-13-8-12-20(18(22)2)23-16-24(27(35)33(3)32-23)30-25-14-15-28-17-29-25/h6-8,10-17H,4-5,9H2,1-3H3,(H,31,34)(H,28,29,30). The fourth-order valence-corrected chi connectivity index (χ4v) is 3.90. The second-order valence-corrected chi connectivity index (χ2v) is 8.28. The van der Waals surface area contributed by atoms with Gasteiger partial charge in [-0.1, -0.05) is 43.7 Å². The SMILES string of the molecule is CCCCc1ccccc1C(=O)Nc1cccc(-c2cc(Nc3ccncn3)c(=O)n(C)n2)c1C. The highest BCUT2D eigenvalue weighted by molar-refractivity contribution is 6.06. The number of aromatic nitrogens is 4. The maximum Gasteiger partial charge on any atom is 0.290 e. The first kappa shape index (κ1) is 23.8. The molecule has 0 saturated heterocycles. The molecule has 0 aliphatic heterocycles. The number of nitrogens with one attached hydrogen (secondary N) is 2. The number of aryl methyl sites for hydroxylation is 2. The highest BCUT2D eigenvalue weighted by Gasteiger charge is 2.16. The minimum absolute atomic E-state index is 0.142. The van der Waals surface area contributed by atoms with Gasteiger partial charge in [0.1, 0.15) is 17.8 Å². The zero-order chi connectivity index (χ0) is 24.8. The van der Waals surface area contributed by atoms with E-state index in [9.17, 15) is 9.59 Å². The Kier molecular flexibility index (Phi) is 7.30. The number of benzene rings is 2. The summed E-state index contributed by atoms with van der Waals surface area (Å²) in [5, 5.41) is 10.6. The van der Waals surface area contributed by atoms with Gasteiger partial charge in [-0.15, -0.1) is 0 Å². The zero-order valence-electron chi connectivity index (χ0n) is 20.1. The van der Waals surface area contributed by atoms with Gasteiger partial charge < -0.3 is 10.6 Å². The number of rotatable bonds is 8. The monoisotopic (exact) mass is 468 g/mol. The van der Waals surface area contributed by atoms with Gasteiger partial charge in [-0.25, -0.2) is 14.6 Å². The lowest BCUT2D eigenvalue weighted by molar-refractivity contribution is 0.102. The molecule has 4 aromatic rings. The topological polar surface area (TPSA) is 102 Å². The van der Waals surface area contributed by atoms with Gasteiger partial charge in [0.15, 0.2) is 0 Å². The van der Waals surface area contributed by atoms with Crippen LogP contribution in [-0.4, -0.2) is 25.7 Å². The minimum atomic E-state index is -0.279. The van der Waals surface area contributed by atoms with Gasteiger partial charge in [-0.3, -0.25) is 9.59 Å². The van der Waals surface area contributed by atoms with Crippen LogP contribution < -0.4 is 16.2 Å². The van der Waals surface area contributed by atoms with E-state index >= 15 is 0 Å². The van der Waals surface area contributed by atoms with Crippen molar-refractivity contribution in [3.8, 4) is 11.3 Å². The molecule has 2 heterocycles. The first-order valence-electron chi connectivity index (χ1n) is 11.6. The van der Waals surface area contributed by atoms with Crippen LogP contribution in [0.3, 0.4) is 0 Å². The van der Waals surface area contributed by atoms with Gasteiger partial charge in [0.05, 0.1) is 5.69 Å². The number of unbranched alkanes of at least 4 members (excludes halogenated alkanes) is 1. The molecule has 0 radical (unpaired) electrons. The fourth-order valence-electron chi connectivity index (χ4n) is 3.90. The van der Waals surface area contributed by atoms with E-state index in [1.807, 2.05) is 49.4 Å². The molecule has 0 bridgehead atoms. The van der Waals surface area contributed by atoms with Gasteiger partial charge in [0.2, 0.25) is 0 Å². The van der Waals surface area contributed by atoms with E-state index in [2.05, 4.69) is 32.6 Å². The number of carbonyl (C=O) groups is 1. The van der Waals surface area contributed by atoms with E-state index in [1.54, 1.807) is 25.4 Å². The number of nitrogens with zero attached hydrogens (tertiary/aromatic N) is 4. The van der Waals surface area contributed by atoms with Gasteiger partial charge in [-0.2, -0.15) is 5.10 Å². The van der Waals surface area contributed by atoms with Crippen LogP contribution in [0.5, 0.6) is 0 Å². The van der Waals surface area contributed by atoms with Crippen LogP contribution in [0.4, 0.5) is 17.2 Å². The maximum atomic E-state index is 13.2. The molecule has 2 aromatic carbocycles. The van der Waals surface area contributed by atoms with Crippen LogP contribution in [0.25, 0.3) is 11.3 Å². The Hall–Kier alpha value is -4.33. The minimum Gasteiger partial charge on any atom is -0.336 e. The third-order valence-electron chi connectivity index (χ3n) is 5.83. The van der Waals surface area contributed by atoms with Crippen molar-refractivity contribution < 1.29 is 4.79 Å². The maximum absolute atomic E-state index is 13.2. The Labute approximate surface area is 204 Å².